The van der Waals surface area contributed by atoms with E-state index in [0.717, 1.165) is 0 Å². The zero-order chi connectivity index (χ0) is 12.3. The Hall–Kier alpha value is -1.67. The highest BCUT2D eigenvalue weighted by molar-refractivity contribution is 7.85. The molecule has 0 aliphatic rings. The van der Waals surface area contributed by atoms with Crippen LogP contribution in [0.2, 0.25) is 0 Å². The molecule has 0 atom stereocenters. The SMILES string of the molecule is C#Cc1cc(C=O)cc(CS(=O)(=O)F)c1C. The Labute approximate surface area is 93.5 Å². The second-order valence-electron chi connectivity index (χ2n) is 3.30. The van der Waals surface area contributed by atoms with E-state index in [9.17, 15) is 17.1 Å². The first-order valence-electron chi connectivity index (χ1n) is 4.35. The molecule has 0 heterocycles. The fourth-order valence-electron chi connectivity index (χ4n) is 1.35. The van der Waals surface area contributed by atoms with Gasteiger partial charge in [-0.25, -0.2) is 0 Å². The van der Waals surface area contributed by atoms with E-state index in [0.29, 0.717) is 17.4 Å². The van der Waals surface area contributed by atoms with Gasteiger partial charge in [0, 0.05) is 11.1 Å². The van der Waals surface area contributed by atoms with Gasteiger partial charge < -0.3 is 0 Å². The molecule has 1 rings (SSSR count). The van der Waals surface area contributed by atoms with Gasteiger partial charge in [0.15, 0.2) is 0 Å². The maximum atomic E-state index is 12.6. The summed E-state index contributed by atoms with van der Waals surface area (Å²) < 4.78 is 33.6. The number of hydrogen-bond donors (Lipinski definition) is 0. The third kappa shape index (κ3) is 2.91. The van der Waals surface area contributed by atoms with Crippen LogP contribution in [-0.2, 0) is 16.0 Å². The van der Waals surface area contributed by atoms with E-state index < -0.39 is 16.0 Å². The number of benzene rings is 1. The molecule has 0 spiro atoms. The van der Waals surface area contributed by atoms with Crippen molar-refractivity contribution in [3.8, 4) is 12.3 Å². The molecule has 0 radical (unpaired) electrons. The maximum Gasteiger partial charge on any atom is 0.306 e. The standard InChI is InChI=1S/C11H9FO3S/c1-3-10-4-9(6-13)5-11(8(10)2)7-16(12,14)15/h1,4-6H,7H2,2H3. The van der Waals surface area contributed by atoms with Crippen LogP contribution >= 0.6 is 0 Å². The predicted molar refractivity (Wildman–Crippen MR) is 58.2 cm³/mol. The lowest BCUT2D eigenvalue weighted by atomic mass is 10.0. The largest absolute Gasteiger partial charge is 0.306 e. The predicted octanol–water partition coefficient (Wildman–Crippen LogP) is 1.59. The number of hydrogen-bond acceptors (Lipinski definition) is 3. The van der Waals surface area contributed by atoms with Crippen LogP contribution in [0.3, 0.4) is 0 Å². The lowest BCUT2D eigenvalue weighted by molar-refractivity contribution is 0.112. The third-order valence-electron chi connectivity index (χ3n) is 2.16. The molecule has 1 aromatic carbocycles. The number of terminal acetylenes is 1. The summed E-state index contributed by atoms with van der Waals surface area (Å²) in [5.74, 6) is 1.55. The lowest BCUT2D eigenvalue weighted by Crippen LogP contribution is -2.02. The van der Waals surface area contributed by atoms with Gasteiger partial charge in [0.25, 0.3) is 0 Å². The molecule has 3 nitrogen and oxygen atoms in total. The summed E-state index contributed by atoms with van der Waals surface area (Å²) in [6.45, 7) is 1.59. The van der Waals surface area contributed by atoms with E-state index in [4.69, 9.17) is 6.42 Å². The van der Waals surface area contributed by atoms with Crippen molar-refractivity contribution in [3.63, 3.8) is 0 Å². The van der Waals surface area contributed by atoms with E-state index in [-0.39, 0.29) is 11.1 Å². The van der Waals surface area contributed by atoms with Gasteiger partial charge in [0.1, 0.15) is 12.0 Å². The summed E-state index contributed by atoms with van der Waals surface area (Å²) >= 11 is 0. The zero-order valence-electron chi connectivity index (χ0n) is 8.53. The zero-order valence-corrected chi connectivity index (χ0v) is 9.34. The van der Waals surface area contributed by atoms with Gasteiger partial charge in [-0.05, 0) is 30.2 Å². The number of carbonyl (C=O) groups is 1. The quantitative estimate of drug-likeness (QED) is 0.458. The Morgan fingerprint density at radius 1 is 1.50 bits per heavy atom. The summed E-state index contributed by atoms with van der Waals surface area (Å²) in [6, 6.07) is 2.77. The average Bonchev–Trinajstić information content (AvgIpc) is 2.19. The van der Waals surface area contributed by atoms with Crippen LogP contribution in [0.25, 0.3) is 0 Å². The van der Waals surface area contributed by atoms with Crippen LogP contribution < -0.4 is 0 Å². The van der Waals surface area contributed by atoms with Crippen molar-refractivity contribution >= 4 is 16.5 Å². The molecule has 0 bridgehead atoms. The van der Waals surface area contributed by atoms with Crippen LogP contribution in [0.4, 0.5) is 3.89 Å². The Kier molecular flexibility index (Phi) is 3.45. The molecule has 0 fully saturated rings. The van der Waals surface area contributed by atoms with Crippen molar-refractivity contribution < 1.29 is 17.1 Å². The molecule has 16 heavy (non-hydrogen) atoms. The molecule has 0 saturated carbocycles. The van der Waals surface area contributed by atoms with E-state index >= 15 is 0 Å². The normalized spacial score (nSPS) is 10.8. The van der Waals surface area contributed by atoms with Gasteiger partial charge >= 0.3 is 10.2 Å². The highest BCUT2D eigenvalue weighted by Gasteiger charge is 2.13. The first kappa shape index (κ1) is 12.4. The van der Waals surface area contributed by atoms with Gasteiger partial charge in [-0.3, -0.25) is 4.79 Å². The van der Waals surface area contributed by atoms with Crippen molar-refractivity contribution in [3.05, 3.63) is 34.4 Å². The molecule has 0 aliphatic heterocycles. The van der Waals surface area contributed by atoms with Gasteiger partial charge in [-0.15, -0.1) is 10.3 Å². The van der Waals surface area contributed by atoms with Crippen molar-refractivity contribution in [1.82, 2.24) is 0 Å². The first-order chi connectivity index (χ1) is 7.37. The van der Waals surface area contributed by atoms with Crippen molar-refractivity contribution in [1.29, 1.82) is 0 Å². The molecule has 0 saturated heterocycles. The Morgan fingerprint density at radius 2 is 2.12 bits per heavy atom. The lowest BCUT2D eigenvalue weighted by Gasteiger charge is -2.07. The summed E-state index contributed by atoms with van der Waals surface area (Å²) in [5, 5.41) is 0. The molecule has 0 amide bonds. The molecule has 1 aromatic rings. The minimum absolute atomic E-state index is 0.208. The van der Waals surface area contributed by atoms with Crippen molar-refractivity contribution in [2.45, 2.75) is 12.7 Å². The van der Waals surface area contributed by atoms with Crippen LogP contribution in [0.15, 0.2) is 12.1 Å². The highest BCUT2D eigenvalue weighted by Crippen LogP contribution is 2.18. The van der Waals surface area contributed by atoms with E-state index in [2.05, 4.69) is 5.92 Å². The number of halogens is 1. The van der Waals surface area contributed by atoms with Gasteiger partial charge in [0.2, 0.25) is 0 Å². The molecular weight excluding hydrogens is 231 g/mol. The van der Waals surface area contributed by atoms with Gasteiger partial charge in [0.05, 0.1) is 0 Å². The van der Waals surface area contributed by atoms with E-state index in [1.54, 1.807) is 6.92 Å². The summed E-state index contributed by atoms with van der Waals surface area (Å²) in [5.41, 5.74) is 1.33. The Bertz CT molecular complexity index is 568. The van der Waals surface area contributed by atoms with Gasteiger partial charge in [-0.1, -0.05) is 5.92 Å². The third-order valence-corrected chi connectivity index (χ3v) is 2.81. The summed E-state index contributed by atoms with van der Waals surface area (Å²) in [4.78, 5) is 10.6. The average molecular weight is 240 g/mol. The molecule has 0 unspecified atom stereocenters. The fourth-order valence-corrected chi connectivity index (χ4v) is 2.02. The first-order valence-corrected chi connectivity index (χ1v) is 5.90. The minimum Gasteiger partial charge on any atom is -0.298 e. The number of carbonyl (C=O) groups excluding carboxylic acids is 1. The second-order valence-corrected chi connectivity index (χ2v) is 4.66. The topological polar surface area (TPSA) is 51.2 Å². The summed E-state index contributed by atoms with van der Waals surface area (Å²) in [6.07, 6.45) is 5.73. The monoisotopic (exact) mass is 240 g/mol. The smallest absolute Gasteiger partial charge is 0.298 e. The molecular formula is C11H9FO3S. The van der Waals surface area contributed by atoms with E-state index in [1.807, 2.05) is 0 Å². The molecule has 0 N–H and O–H groups in total. The van der Waals surface area contributed by atoms with E-state index in [1.165, 1.54) is 12.1 Å². The van der Waals surface area contributed by atoms with Crippen molar-refractivity contribution in [2.24, 2.45) is 0 Å². The Morgan fingerprint density at radius 3 is 2.56 bits per heavy atom. The van der Waals surface area contributed by atoms with Gasteiger partial charge in [-0.2, -0.15) is 8.42 Å². The Balaban J connectivity index is 3.39. The molecule has 5 heteroatoms. The number of rotatable bonds is 3. The maximum absolute atomic E-state index is 12.6. The second kappa shape index (κ2) is 4.45. The highest BCUT2D eigenvalue weighted by atomic mass is 32.3. The molecule has 84 valence electrons. The fraction of sp³-hybridized carbons (Fsp3) is 0.182. The van der Waals surface area contributed by atoms with Crippen molar-refractivity contribution in [2.75, 3.05) is 0 Å². The van der Waals surface area contributed by atoms with Crippen LogP contribution in [0.1, 0.15) is 27.0 Å². The number of aldehydes is 1. The van der Waals surface area contributed by atoms with Crippen LogP contribution in [0.5, 0.6) is 0 Å². The van der Waals surface area contributed by atoms with Crippen LogP contribution in [-0.4, -0.2) is 14.7 Å². The van der Waals surface area contributed by atoms with Crippen LogP contribution in [0, 0.1) is 19.3 Å². The molecule has 0 aromatic heterocycles. The minimum atomic E-state index is -4.63. The summed E-state index contributed by atoms with van der Waals surface area (Å²) in [7, 11) is -4.63. The molecule has 0 aliphatic carbocycles.